The van der Waals surface area contributed by atoms with E-state index in [1.165, 1.54) is 7.11 Å². The van der Waals surface area contributed by atoms with Crippen LogP contribution in [0.2, 0.25) is 0 Å². The molecular formula is C19H23NO5. The predicted molar refractivity (Wildman–Crippen MR) is 94.6 cm³/mol. The van der Waals surface area contributed by atoms with E-state index < -0.39 is 6.10 Å². The summed E-state index contributed by atoms with van der Waals surface area (Å²) in [4.78, 5) is 12.3. The molecule has 25 heavy (non-hydrogen) atoms. The third-order valence-corrected chi connectivity index (χ3v) is 3.92. The first-order chi connectivity index (χ1) is 12.0. The Bertz CT molecular complexity index is 745. The van der Waals surface area contributed by atoms with Crippen LogP contribution in [0.15, 0.2) is 36.4 Å². The first-order valence-electron chi connectivity index (χ1n) is 7.83. The van der Waals surface area contributed by atoms with Gasteiger partial charge in [-0.25, -0.2) is 0 Å². The largest absolute Gasteiger partial charge is 0.496 e. The Hall–Kier alpha value is -2.73. The van der Waals surface area contributed by atoms with Gasteiger partial charge in [-0.15, -0.1) is 0 Å². The number of aryl methyl sites for hydroxylation is 1. The van der Waals surface area contributed by atoms with Crippen LogP contribution in [-0.4, -0.2) is 38.9 Å². The minimum atomic E-state index is -0.865. The highest BCUT2D eigenvalue weighted by molar-refractivity contribution is 5.94. The SMILES string of the molecule is COc1cc(C(=O)NCC(O)c2ccc(OC)c(OC)c2)ccc1C. The average Bonchev–Trinajstić information content (AvgIpc) is 2.65. The van der Waals surface area contributed by atoms with E-state index >= 15 is 0 Å². The molecule has 1 atom stereocenters. The van der Waals surface area contributed by atoms with Gasteiger partial charge in [0, 0.05) is 12.1 Å². The summed E-state index contributed by atoms with van der Waals surface area (Å²) in [5, 5.41) is 13.0. The lowest BCUT2D eigenvalue weighted by atomic mass is 10.1. The molecule has 0 aromatic heterocycles. The summed E-state index contributed by atoms with van der Waals surface area (Å²) in [7, 11) is 4.63. The lowest BCUT2D eigenvalue weighted by Gasteiger charge is -2.15. The van der Waals surface area contributed by atoms with Crippen LogP contribution in [-0.2, 0) is 0 Å². The second-order valence-corrected chi connectivity index (χ2v) is 5.52. The van der Waals surface area contributed by atoms with Crippen LogP contribution in [0.25, 0.3) is 0 Å². The second-order valence-electron chi connectivity index (χ2n) is 5.52. The molecule has 2 N–H and O–H groups in total. The molecule has 0 aliphatic heterocycles. The van der Waals surface area contributed by atoms with E-state index in [9.17, 15) is 9.90 Å². The summed E-state index contributed by atoms with van der Waals surface area (Å²) in [5.74, 6) is 1.47. The Balaban J connectivity index is 2.04. The molecule has 6 nitrogen and oxygen atoms in total. The average molecular weight is 345 g/mol. The number of nitrogens with one attached hydrogen (secondary N) is 1. The molecule has 0 spiro atoms. The normalized spacial score (nSPS) is 11.6. The number of carbonyl (C=O) groups is 1. The molecular weight excluding hydrogens is 322 g/mol. The zero-order valence-corrected chi connectivity index (χ0v) is 14.8. The third-order valence-electron chi connectivity index (χ3n) is 3.92. The number of carbonyl (C=O) groups excluding carboxylic acids is 1. The van der Waals surface area contributed by atoms with Gasteiger partial charge in [-0.1, -0.05) is 12.1 Å². The van der Waals surface area contributed by atoms with Crippen molar-refractivity contribution in [1.82, 2.24) is 5.32 Å². The standard InChI is InChI=1S/C19H23NO5/c1-12-5-6-14(10-17(12)24-3)19(22)20-11-15(21)13-7-8-16(23-2)18(9-13)25-4/h5-10,15,21H,11H2,1-4H3,(H,20,22). The van der Waals surface area contributed by atoms with Crippen LogP contribution in [0.3, 0.4) is 0 Å². The topological polar surface area (TPSA) is 77.0 Å². The molecule has 1 unspecified atom stereocenters. The third kappa shape index (κ3) is 4.42. The maximum atomic E-state index is 12.3. The van der Waals surface area contributed by atoms with Crippen molar-refractivity contribution in [3.05, 3.63) is 53.1 Å². The molecule has 2 rings (SSSR count). The van der Waals surface area contributed by atoms with Crippen molar-refractivity contribution in [3.63, 3.8) is 0 Å². The maximum absolute atomic E-state index is 12.3. The van der Waals surface area contributed by atoms with E-state index in [1.807, 2.05) is 13.0 Å². The van der Waals surface area contributed by atoms with E-state index in [0.29, 0.717) is 28.4 Å². The van der Waals surface area contributed by atoms with Crippen molar-refractivity contribution in [3.8, 4) is 17.2 Å². The van der Waals surface area contributed by atoms with Gasteiger partial charge in [-0.2, -0.15) is 0 Å². The van der Waals surface area contributed by atoms with E-state index in [0.717, 1.165) is 5.56 Å². The maximum Gasteiger partial charge on any atom is 0.251 e. The number of aliphatic hydroxyl groups excluding tert-OH is 1. The van der Waals surface area contributed by atoms with Crippen molar-refractivity contribution in [2.24, 2.45) is 0 Å². The predicted octanol–water partition coefficient (Wildman–Crippen LogP) is 2.48. The number of rotatable bonds is 7. The van der Waals surface area contributed by atoms with Crippen LogP contribution in [0, 0.1) is 6.92 Å². The van der Waals surface area contributed by atoms with Crippen molar-refractivity contribution in [2.75, 3.05) is 27.9 Å². The molecule has 0 aliphatic carbocycles. The van der Waals surface area contributed by atoms with Crippen molar-refractivity contribution in [1.29, 1.82) is 0 Å². The van der Waals surface area contributed by atoms with Gasteiger partial charge in [0.25, 0.3) is 5.91 Å². The number of amides is 1. The van der Waals surface area contributed by atoms with Gasteiger partial charge in [-0.05, 0) is 42.3 Å². The van der Waals surface area contributed by atoms with E-state index in [1.54, 1.807) is 44.6 Å². The van der Waals surface area contributed by atoms with E-state index in [2.05, 4.69) is 5.32 Å². The quantitative estimate of drug-likeness (QED) is 0.806. The Labute approximate surface area is 147 Å². The summed E-state index contributed by atoms with van der Waals surface area (Å²) >= 11 is 0. The minimum absolute atomic E-state index is 0.0739. The monoisotopic (exact) mass is 345 g/mol. The molecule has 134 valence electrons. The van der Waals surface area contributed by atoms with Gasteiger partial charge in [-0.3, -0.25) is 4.79 Å². The van der Waals surface area contributed by atoms with Crippen molar-refractivity contribution in [2.45, 2.75) is 13.0 Å². The number of methoxy groups -OCH3 is 3. The lowest BCUT2D eigenvalue weighted by Crippen LogP contribution is -2.28. The highest BCUT2D eigenvalue weighted by Gasteiger charge is 2.14. The van der Waals surface area contributed by atoms with Crippen LogP contribution >= 0.6 is 0 Å². The molecule has 1 amide bonds. The minimum Gasteiger partial charge on any atom is -0.496 e. The summed E-state index contributed by atoms with van der Waals surface area (Å²) in [6.07, 6.45) is -0.865. The first-order valence-corrected chi connectivity index (χ1v) is 7.83. The molecule has 0 aliphatic rings. The fraction of sp³-hybridized carbons (Fsp3) is 0.316. The fourth-order valence-corrected chi connectivity index (χ4v) is 2.43. The number of ether oxygens (including phenoxy) is 3. The number of hydrogen-bond acceptors (Lipinski definition) is 5. The van der Waals surface area contributed by atoms with Crippen molar-refractivity contribution >= 4 is 5.91 Å². The molecule has 0 bridgehead atoms. The highest BCUT2D eigenvalue weighted by atomic mass is 16.5. The van der Waals surface area contributed by atoms with Gasteiger partial charge in [0.15, 0.2) is 11.5 Å². The van der Waals surface area contributed by atoms with Crippen molar-refractivity contribution < 1.29 is 24.1 Å². The van der Waals surface area contributed by atoms with Gasteiger partial charge in [0.05, 0.1) is 27.4 Å². The summed E-state index contributed by atoms with van der Waals surface area (Å²) < 4.78 is 15.6. The van der Waals surface area contributed by atoms with Crippen LogP contribution < -0.4 is 19.5 Å². The van der Waals surface area contributed by atoms with E-state index in [-0.39, 0.29) is 12.5 Å². The first kappa shape index (κ1) is 18.6. The van der Waals surface area contributed by atoms with Crippen LogP contribution in [0.1, 0.15) is 27.6 Å². The van der Waals surface area contributed by atoms with Crippen LogP contribution in [0.5, 0.6) is 17.2 Å². The highest BCUT2D eigenvalue weighted by Crippen LogP contribution is 2.29. The Morgan fingerprint density at radius 2 is 1.68 bits per heavy atom. The smallest absolute Gasteiger partial charge is 0.251 e. The van der Waals surface area contributed by atoms with Crippen LogP contribution in [0.4, 0.5) is 0 Å². The van der Waals surface area contributed by atoms with Gasteiger partial charge >= 0.3 is 0 Å². The number of hydrogen-bond donors (Lipinski definition) is 2. The Morgan fingerprint density at radius 1 is 1.00 bits per heavy atom. The zero-order chi connectivity index (χ0) is 18.4. The van der Waals surface area contributed by atoms with Gasteiger partial charge in [0.2, 0.25) is 0 Å². The molecule has 0 heterocycles. The molecule has 0 saturated carbocycles. The number of aliphatic hydroxyl groups is 1. The zero-order valence-electron chi connectivity index (χ0n) is 14.8. The Morgan fingerprint density at radius 3 is 2.32 bits per heavy atom. The summed E-state index contributed by atoms with van der Waals surface area (Å²) in [6.45, 7) is 1.98. The molecule has 0 radical (unpaired) electrons. The fourth-order valence-electron chi connectivity index (χ4n) is 2.43. The summed E-state index contributed by atoms with van der Waals surface area (Å²) in [6, 6.07) is 10.3. The van der Waals surface area contributed by atoms with E-state index in [4.69, 9.17) is 14.2 Å². The Kier molecular flexibility index (Phi) is 6.25. The molecule has 2 aromatic carbocycles. The molecule has 0 fully saturated rings. The number of benzene rings is 2. The van der Waals surface area contributed by atoms with Gasteiger partial charge in [0.1, 0.15) is 5.75 Å². The molecule has 0 saturated heterocycles. The van der Waals surface area contributed by atoms with Gasteiger partial charge < -0.3 is 24.6 Å². The lowest BCUT2D eigenvalue weighted by molar-refractivity contribution is 0.0916. The molecule has 2 aromatic rings. The second kappa shape index (κ2) is 8.39. The molecule has 6 heteroatoms. The summed E-state index contributed by atoms with van der Waals surface area (Å²) in [5.41, 5.74) is 2.05.